The molecule has 4 rings (SSSR count). The summed E-state index contributed by atoms with van der Waals surface area (Å²) in [5.74, 6) is -0.0639. The number of hydrogen-bond acceptors (Lipinski definition) is 4. The summed E-state index contributed by atoms with van der Waals surface area (Å²) in [6.07, 6.45) is 1.72. The number of pyridine rings is 1. The molecule has 0 aliphatic carbocycles. The first-order chi connectivity index (χ1) is 13.7. The van der Waals surface area contributed by atoms with E-state index in [4.69, 9.17) is 0 Å². The normalized spacial score (nSPS) is 11.5. The Hall–Kier alpha value is -2.94. The van der Waals surface area contributed by atoms with E-state index in [0.29, 0.717) is 11.4 Å². The van der Waals surface area contributed by atoms with Gasteiger partial charge in [0, 0.05) is 31.0 Å². The van der Waals surface area contributed by atoms with Crippen LogP contribution >= 0.6 is 15.9 Å². The third-order valence-electron chi connectivity index (χ3n) is 5.20. The van der Waals surface area contributed by atoms with Crippen LogP contribution in [0.2, 0.25) is 0 Å². The minimum absolute atomic E-state index is 0.0639. The van der Waals surface area contributed by atoms with Gasteiger partial charge in [-0.1, -0.05) is 15.9 Å². The zero-order chi connectivity index (χ0) is 21.0. The van der Waals surface area contributed by atoms with Gasteiger partial charge in [-0.05, 0) is 32.0 Å². The van der Waals surface area contributed by atoms with Crippen molar-refractivity contribution in [1.29, 1.82) is 0 Å². The van der Waals surface area contributed by atoms with Crippen molar-refractivity contribution < 1.29 is 4.79 Å². The topological polar surface area (TPSA) is 78.0 Å². The molecule has 0 fully saturated rings. The number of aryl methyl sites for hydroxylation is 2. The Labute approximate surface area is 175 Å². The third kappa shape index (κ3) is 2.96. The van der Waals surface area contributed by atoms with Crippen molar-refractivity contribution >= 4 is 43.8 Å². The van der Waals surface area contributed by atoms with E-state index in [1.807, 2.05) is 32.0 Å². The second-order valence-electron chi connectivity index (χ2n) is 7.30. The Morgan fingerprint density at radius 2 is 1.97 bits per heavy atom. The number of aromatic nitrogens is 5. The van der Waals surface area contributed by atoms with Crippen LogP contribution in [-0.4, -0.2) is 48.8 Å². The lowest BCUT2D eigenvalue weighted by atomic mass is 10.2. The molecule has 29 heavy (non-hydrogen) atoms. The average Bonchev–Trinajstić information content (AvgIpc) is 3.08. The van der Waals surface area contributed by atoms with Crippen LogP contribution in [0.25, 0.3) is 27.6 Å². The van der Waals surface area contributed by atoms with E-state index in [0.717, 1.165) is 32.1 Å². The highest BCUT2D eigenvalue weighted by atomic mass is 79.9. The summed E-state index contributed by atoms with van der Waals surface area (Å²) in [6, 6.07) is 5.80. The quantitative estimate of drug-likeness (QED) is 0.474. The van der Waals surface area contributed by atoms with Gasteiger partial charge < -0.3 is 4.90 Å². The zero-order valence-corrected chi connectivity index (χ0v) is 18.5. The predicted molar refractivity (Wildman–Crippen MR) is 115 cm³/mol. The molecule has 4 aromatic rings. The van der Waals surface area contributed by atoms with E-state index in [-0.39, 0.29) is 18.1 Å². The highest BCUT2D eigenvalue weighted by Gasteiger charge is 2.23. The van der Waals surface area contributed by atoms with Gasteiger partial charge in [-0.25, -0.2) is 4.79 Å². The van der Waals surface area contributed by atoms with Gasteiger partial charge in [0.2, 0.25) is 5.91 Å². The number of carbonyl (C=O) groups excluding carboxylic acids is 1. The van der Waals surface area contributed by atoms with Crippen molar-refractivity contribution in [3.8, 4) is 5.69 Å². The molecule has 0 spiro atoms. The molecular formula is C20H21BrN6O2. The van der Waals surface area contributed by atoms with Crippen molar-refractivity contribution in [2.24, 2.45) is 7.05 Å². The number of carbonyl (C=O) groups is 1. The van der Waals surface area contributed by atoms with E-state index in [2.05, 4.69) is 26.0 Å². The molecule has 0 bridgehead atoms. The van der Waals surface area contributed by atoms with E-state index in [1.165, 1.54) is 4.90 Å². The van der Waals surface area contributed by atoms with Crippen LogP contribution in [0.5, 0.6) is 0 Å². The Balaban J connectivity index is 2.06. The van der Waals surface area contributed by atoms with E-state index < -0.39 is 0 Å². The fraction of sp³-hybridized carbons (Fsp3) is 0.300. The van der Waals surface area contributed by atoms with Gasteiger partial charge in [0.25, 0.3) is 0 Å². The summed E-state index contributed by atoms with van der Waals surface area (Å²) in [6.45, 7) is 3.85. The summed E-state index contributed by atoms with van der Waals surface area (Å²) >= 11 is 3.52. The molecule has 3 heterocycles. The number of amides is 1. The lowest BCUT2D eigenvalue weighted by Gasteiger charge is -2.11. The van der Waals surface area contributed by atoms with Crippen LogP contribution in [0.1, 0.15) is 11.4 Å². The lowest BCUT2D eigenvalue weighted by molar-refractivity contribution is -0.129. The third-order valence-corrected chi connectivity index (χ3v) is 5.69. The Morgan fingerprint density at radius 3 is 2.66 bits per heavy atom. The Kier molecular flexibility index (Phi) is 4.57. The molecule has 150 valence electrons. The molecule has 0 aliphatic rings. The second kappa shape index (κ2) is 6.84. The molecule has 9 heteroatoms. The first kappa shape index (κ1) is 19.4. The maximum atomic E-state index is 13.2. The largest absolute Gasteiger partial charge is 0.347 e. The summed E-state index contributed by atoms with van der Waals surface area (Å²) < 4.78 is 5.82. The number of halogens is 1. The maximum Gasteiger partial charge on any atom is 0.333 e. The Bertz CT molecular complexity index is 1350. The predicted octanol–water partition coefficient (Wildman–Crippen LogP) is 2.54. The van der Waals surface area contributed by atoms with Gasteiger partial charge in [0.1, 0.15) is 6.54 Å². The zero-order valence-electron chi connectivity index (χ0n) is 16.9. The number of fused-ring (bicyclic) bond motifs is 3. The number of imidazole rings is 1. The minimum atomic E-state index is -0.182. The standard InChI is InChI=1S/C20H21BrN6O2/c1-11-18(12(2)26(23-11)10-17(28)24(3)4)27-19-14-8-13(21)6-7-15(14)22-9-16(19)25(5)20(27)29/h6-9H,10H2,1-5H3. The molecule has 0 radical (unpaired) electrons. The highest BCUT2D eigenvalue weighted by molar-refractivity contribution is 9.10. The average molecular weight is 457 g/mol. The molecule has 0 saturated heterocycles. The molecule has 8 nitrogen and oxygen atoms in total. The minimum Gasteiger partial charge on any atom is -0.347 e. The van der Waals surface area contributed by atoms with Gasteiger partial charge in [0.15, 0.2) is 0 Å². The fourth-order valence-corrected chi connectivity index (χ4v) is 3.97. The van der Waals surface area contributed by atoms with Gasteiger partial charge in [0.05, 0.1) is 39.8 Å². The van der Waals surface area contributed by atoms with Crippen molar-refractivity contribution in [2.45, 2.75) is 20.4 Å². The lowest BCUT2D eigenvalue weighted by Crippen LogP contribution is -2.27. The van der Waals surface area contributed by atoms with Crippen LogP contribution in [0.4, 0.5) is 0 Å². The maximum absolute atomic E-state index is 13.2. The summed E-state index contributed by atoms with van der Waals surface area (Å²) in [5.41, 5.74) is 4.25. The highest BCUT2D eigenvalue weighted by Crippen LogP contribution is 2.29. The van der Waals surface area contributed by atoms with E-state index in [1.54, 1.807) is 41.2 Å². The summed E-state index contributed by atoms with van der Waals surface area (Å²) in [7, 11) is 5.15. The fourth-order valence-electron chi connectivity index (χ4n) is 3.61. The number of rotatable bonds is 3. The smallest absolute Gasteiger partial charge is 0.333 e. The van der Waals surface area contributed by atoms with Crippen molar-refractivity contribution in [3.63, 3.8) is 0 Å². The van der Waals surface area contributed by atoms with Gasteiger partial charge in [-0.2, -0.15) is 5.10 Å². The van der Waals surface area contributed by atoms with Crippen molar-refractivity contribution in [1.82, 2.24) is 28.8 Å². The summed E-state index contributed by atoms with van der Waals surface area (Å²) in [5, 5.41) is 5.41. The van der Waals surface area contributed by atoms with E-state index in [9.17, 15) is 9.59 Å². The number of nitrogens with zero attached hydrogens (tertiary/aromatic N) is 6. The molecule has 0 N–H and O–H groups in total. The van der Waals surface area contributed by atoms with Crippen molar-refractivity contribution in [2.75, 3.05) is 14.1 Å². The molecule has 0 unspecified atom stereocenters. The van der Waals surface area contributed by atoms with Gasteiger partial charge in [-0.15, -0.1) is 0 Å². The molecule has 1 aromatic carbocycles. The van der Waals surface area contributed by atoms with Crippen LogP contribution in [-0.2, 0) is 18.4 Å². The van der Waals surface area contributed by atoms with Crippen LogP contribution < -0.4 is 5.69 Å². The first-order valence-electron chi connectivity index (χ1n) is 9.11. The van der Waals surface area contributed by atoms with Crippen LogP contribution in [0, 0.1) is 13.8 Å². The molecule has 1 amide bonds. The molecular weight excluding hydrogens is 436 g/mol. The second-order valence-corrected chi connectivity index (χ2v) is 8.21. The molecule has 0 aliphatic heterocycles. The van der Waals surface area contributed by atoms with Gasteiger partial charge in [-0.3, -0.25) is 23.6 Å². The number of likely N-dealkylation sites (N-methyl/N-ethyl adjacent to an activating group) is 1. The van der Waals surface area contributed by atoms with Crippen LogP contribution in [0.3, 0.4) is 0 Å². The van der Waals surface area contributed by atoms with E-state index >= 15 is 0 Å². The van der Waals surface area contributed by atoms with Gasteiger partial charge >= 0.3 is 5.69 Å². The first-order valence-corrected chi connectivity index (χ1v) is 9.90. The van der Waals surface area contributed by atoms with Crippen molar-refractivity contribution in [3.05, 3.63) is 50.7 Å². The number of hydrogen-bond donors (Lipinski definition) is 0. The monoisotopic (exact) mass is 456 g/mol. The van der Waals surface area contributed by atoms with Crippen LogP contribution in [0.15, 0.2) is 33.7 Å². The number of benzene rings is 1. The molecule has 3 aromatic heterocycles. The molecule has 0 atom stereocenters. The summed E-state index contributed by atoms with van der Waals surface area (Å²) in [4.78, 5) is 31.5. The Morgan fingerprint density at radius 1 is 1.24 bits per heavy atom. The SMILES string of the molecule is Cc1nn(CC(=O)N(C)C)c(C)c1-n1c(=O)n(C)c2cnc3ccc(Br)cc3c21. The molecule has 0 saturated carbocycles.